The predicted octanol–water partition coefficient (Wildman–Crippen LogP) is 2.48. The van der Waals surface area contributed by atoms with Gasteiger partial charge in [0.1, 0.15) is 10.6 Å². The van der Waals surface area contributed by atoms with Gasteiger partial charge in [-0.2, -0.15) is 8.42 Å². The third kappa shape index (κ3) is 2.46. The van der Waals surface area contributed by atoms with Gasteiger partial charge in [-0.3, -0.25) is 9.99 Å². The molecule has 1 aromatic heterocycles. The van der Waals surface area contributed by atoms with Crippen molar-refractivity contribution in [1.29, 1.82) is 0 Å². The van der Waals surface area contributed by atoms with Gasteiger partial charge in [0.25, 0.3) is 10.0 Å². The smallest absolute Gasteiger partial charge is 0.256 e. The van der Waals surface area contributed by atoms with E-state index in [9.17, 15) is 8.42 Å². The summed E-state index contributed by atoms with van der Waals surface area (Å²) >= 11 is 12.0. The molecule has 3 rings (SSSR count). The van der Waals surface area contributed by atoms with Crippen molar-refractivity contribution in [3.63, 3.8) is 0 Å². The normalized spacial score (nSPS) is 16.1. The summed E-state index contributed by atoms with van der Waals surface area (Å²) in [5.41, 5.74) is 3.59. The van der Waals surface area contributed by atoms with Crippen molar-refractivity contribution in [2.75, 3.05) is 12.1 Å². The first kappa shape index (κ1) is 15.2. The van der Waals surface area contributed by atoms with E-state index in [1.807, 2.05) is 0 Å². The molecule has 114 valence electrons. The van der Waals surface area contributed by atoms with Gasteiger partial charge in [-0.05, 0) is 24.3 Å². The molecule has 0 atom stereocenters. The number of sulfonamides is 1. The minimum absolute atomic E-state index is 0.0200. The standard InChI is InChI=1S/C13H10Cl2N4O2S/c1-16-19-11-7-8(14)6-9(15)12(11)22(20,21)18-13(19)10-4-2-3-5-17-10/h2-7,16H,1H3. The van der Waals surface area contributed by atoms with E-state index in [1.54, 1.807) is 31.4 Å². The molecule has 0 unspecified atom stereocenters. The zero-order valence-corrected chi connectivity index (χ0v) is 13.6. The molecule has 0 spiro atoms. The van der Waals surface area contributed by atoms with E-state index in [0.717, 1.165) is 0 Å². The number of halogens is 2. The van der Waals surface area contributed by atoms with Gasteiger partial charge in [-0.1, -0.05) is 29.3 Å². The lowest BCUT2D eigenvalue weighted by Crippen LogP contribution is -2.45. The van der Waals surface area contributed by atoms with Crippen LogP contribution in [0.5, 0.6) is 0 Å². The average Bonchev–Trinajstić information content (AvgIpc) is 2.46. The molecule has 0 bridgehead atoms. The van der Waals surface area contributed by atoms with Gasteiger partial charge in [0.05, 0.1) is 10.7 Å². The fourth-order valence-electron chi connectivity index (χ4n) is 2.17. The van der Waals surface area contributed by atoms with Crippen LogP contribution in [0.3, 0.4) is 0 Å². The molecule has 1 aliphatic rings. The molecule has 0 amide bonds. The Labute approximate surface area is 137 Å². The van der Waals surface area contributed by atoms with Gasteiger partial charge < -0.3 is 0 Å². The highest BCUT2D eigenvalue weighted by Crippen LogP contribution is 2.39. The highest BCUT2D eigenvalue weighted by molar-refractivity contribution is 7.90. The summed E-state index contributed by atoms with van der Waals surface area (Å²) in [7, 11) is -2.32. The minimum Gasteiger partial charge on any atom is -0.256 e. The molecule has 6 nitrogen and oxygen atoms in total. The van der Waals surface area contributed by atoms with Gasteiger partial charge in [0, 0.05) is 18.3 Å². The summed E-state index contributed by atoms with van der Waals surface area (Å²) in [5, 5.41) is 1.82. The lowest BCUT2D eigenvalue weighted by atomic mass is 10.2. The molecule has 0 saturated heterocycles. The van der Waals surface area contributed by atoms with Crippen molar-refractivity contribution in [2.45, 2.75) is 4.90 Å². The maximum atomic E-state index is 12.5. The highest BCUT2D eigenvalue weighted by Gasteiger charge is 2.34. The van der Waals surface area contributed by atoms with Crippen LogP contribution in [-0.2, 0) is 10.0 Å². The van der Waals surface area contributed by atoms with Crippen LogP contribution in [0.4, 0.5) is 5.69 Å². The number of hydrogen-bond donors (Lipinski definition) is 1. The molecule has 22 heavy (non-hydrogen) atoms. The van der Waals surface area contributed by atoms with Crippen LogP contribution < -0.4 is 10.4 Å². The first-order valence-corrected chi connectivity index (χ1v) is 8.36. The number of fused-ring (bicyclic) bond motifs is 1. The van der Waals surface area contributed by atoms with E-state index < -0.39 is 10.0 Å². The lowest BCUT2D eigenvalue weighted by Gasteiger charge is -2.29. The number of amidine groups is 1. The van der Waals surface area contributed by atoms with E-state index in [0.29, 0.717) is 16.4 Å². The quantitative estimate of drug-likeness (QED) is 0.894. The number of anilines is 1. The van der Waals surface area contributed by atoms with Crippen molar-refractivity contribution >= 4 is 44.7 Å². The summed E-state index contributed by atoms with van der Waals surface area (Å²) in [6, 6.07) is 8.01. The molecule has 1 aliphatic heterocycles. The zero-order valence-electron chi connectivity index (χ0n) is 11.3. The van der Waals surface area contributed by atoms with E-state index in [2.05, 4.69) is 14.8 Å². The SMILES string of the molecule is CNN1C(c2ccccn2)=NS(=O)(=O)c2c(Cl)cc(Cl)cc21. The van der Waals surface area contributed by atoms with Crippen LogP contribution in [0.25, 0.3) is 0 Å². The van der Waals surface area contributed by atoms with Crippen LogP contribution in [0.2, 0.25) is 10.0 Å². The summed E-state index contributed by atoms with van der Waals surface area (Å²) in [4.78, 5) is 4.05. The number of nitrogens with zero attached hydrogens (tertiary/aromatic N) is 3. The summed E-state index contributed by atoms with van der Waals surface area (Å²) < 4.78 is 28.7. The Morgan fingerprint density at radius 3 is 2.64 bits per heavy atom. The largest absolute Gasteiger partial charge is 0.288 e. The molecule has 0 fully saturated rings. The average molecular weight is 357 g/mol. The number of hydrazine groups is 1. The van der Waals surface area contributed by atoms with Gasteiger partial charge in [0.15, 0.2) is 5.84 Å². The number of aromatic nitrogens is 1. The van der Waals surface area contributed by atoms with Gasteiger partial charge in [0.2, 0.25) is 0 Å². The van der Waals surface area contributed by atoms with Crippen LogP contribution in [0.15, 0.2) is 45.8 Å². The Kier molecular flexibility index (Phi) is 3.82. The third-order valence-corrected chi connectivity index (χ3v) is 5.01. The fraction of sp³-hybridized carbons (Fsp3) is 0.0769. The van der Waals surface area contributed by atoms with Crippen LogP contribution >= 0.6 is 23.2 Å². The second-order valence-corrected chi connectivity index (χ2v) is 6.78. The third-order valence-electron chi connectivity index (χ3n) is 3.02. The molecular formula is C13H10Cl2N4O2S. The van der Waals surface area contributed by atoms with Crippen LogP contribution in [0, 0.1) is 0 Å². The summed E-state index contributed by atoms with van der Waals surface area (Å²) in [5.74, 6) is 0.147. The van der Waals surface area contributed by atoms with E-state index in [4.69, 9.17) is 23.2 Å². The minimum atomic E-state index is -3.95. The van der Waals surface area contributed by atoms with Crippen molar-refractivity contribution < 1.29 is 8.42 Å². The van der Waals surface area contributed by atoms with E-state index >= 15 is 0 Å². The van der Waals surface area contributed by atoms with Gasteiger partial charge in [-0.25, -0.2) is 5.43 Å². The molecule has 2 aromatic rings. The van der Waals surface area contributed by atoms with Crippen molar-refractivity contribution in [3.05, 3.63) is 52.3 Å². The van der Waals surface area contributed by atoms with Gasteiger partial charge >= 0.3 is 0 Å². The lowest BCUT2D eigenvalue weighted by molar-refractivity contribution is 0.596. The fourth-order valence-corrected chi connectivity index (χ4v) is 4.15. The Morgan fingerprint density at radius 1 is 1.23 bits per heavy atom. The summed E-state index contributed by atoms with van der Waals surface area (Å²) in [6.07, 6.45) is 1.55. The molecule has 2 heterocycles. The van der Waals surface area contributed by atoms with Crippen molar-refractivity contribution in [2.24, 2.45) is 4.40 Å². The first-order valence-electron chi connectivity index (χ1n) is 6.17. The molecule has 1 aromatic carbocycles. The molecule has 0 radical (unpaired) electrons. The number of benzene rings is 1. The maximum Gasteiger partial charge on any atom is 0.288 e. The second kappa shape index (κ2) is 5.51. The van der Waals surface area contributed by atoms with Crippen LogP contribution in [-0.4, -0.2) is 26.3 Å². The van der Waals surface area contributed by atoms with Crippen molar-refractivity contribution in [3.8, 4) is 0 Å². The molecule has 1 N–H and O–H groups in total. The molecule has 0 aliphatic carbocycles. The molecular weight excluding hydrogens is 347 g/mol. The monoisotopic (exact) mass is 356 g/mol. The maximum absolute atomic E-state index is 12.5. The topological polar surface area (TPSA) is 74.7 Å². The van der Waals surface area contributed by atoms with E-state index in [-0.39, 0.29) is 15.8 Å². The predicted molar refractivity (Wildman–Crippen MR) is 86.0 cm³/mol. The second-order valence-electron chi connectivity index (χ2n) is 4.40. The van der Waals surface area contributed by atoms with E-state index in [1.165, 1.54) is 17.1 Å². The number of hydrogen-bond acceptors (Lipinski definition) is 5. The zero-order chi connectivity index (χ0) is 15.9. The Hall–Kier alpha value is -1.67. The molecule has 9 heteroatoms. The number of nitrogens with one attached hydrogen (secondary N) is 1. The van der Waals surface area contributed by atoms with Crippen molar-refractivity contribution in [1.82, 2.24) is 10.4 Å². The number of pyridine rings is 1. The number of rotatable bonds is 2. The Balaban J connectivity index is 2.31. The first-order chi connectivity index (χ1) is 10.4. The molecule has 0 saturated carbocycles. The summed E-state index contributed by atoms with van der Waals surface area (Å²) in [6.45, 7) is 0. The Bertz CT molecular complexity index is 869. The van der Waals surface area contributed by atoms with Crippen LogP contribution in [0.1, 0.15) is 5.69 Å². The highest BCUT2D eigenvalue weighted by atomic mass is 35.5. The Morgan fingerprint density at radius 2 is 2.00 bits per heavy atom. The van der Waals surface area contributed by atoms with Gasteiger partial charge in [-0.15, -0.1) is 4.40 Å².